The smallest absolute Gasteiger partial charge is 0.216 e. The molecule has 2 aromatic carbocycles. The van der Waals surface area contributed by atoms with Crippen LogP contribution in [0.1, 0.15) is 11.4 Å². The van der Waals surface area contributed by atoms with E-state index in [0.717, 1.165) is 17.0 Å². The lowest BCUT2D eigenvalue weighted by atomic mass is 10.2. The molecule has 2 N–H and O–H groups in total. The van der Waals surface area contributed by atoms with Gasteiger partial charge in [0.15, 0.2) is 0 Å². The highest BCUT2D eigenvalue weighted by atomic mass is 35.5. The Bertz CT molecular complexity index is 882. The van der Waals surface area contributed by atoms with Crippen LogP contribution in [-0.4, -0.2) is 20.6 Å². The van der Waals surface area contributed by atoms with Crippen LogP contribution in [0.5, 0.6) is 5.75 Å². The summed E-state index contributed by atoms with van der Waals surface area (Å²) in [6.45, 7) is 0.459. The summed E-state index contributed by atoms with van der Waals surface area (Å²) in [5.41, 5.74) is 2.11. The Balaban J connectivity index is 1.58. The molecule has 1 heterocycles. The van der Waals surface area contributed by atoms with Gasteiger partial charge in [0.1, 0.15) is 24.0 Å². The van der Waals surface area contributed by atoms with Gasteiger partial charge in [0.05, 0.1) is 0 Å². The predicted molar refractivity (Wildman–Crippen MR) is 93.6 cm³/mol. The van der Waals surface area contributed by atoms with E-state index in [4.69, 9.17) is 21.6 Å². The second-order valence-electron chi connectivity index (χ2n) is 4.99. The van der Waals surface area contributed by atoms with Crippen molar-refractivity contribution in [1.82, 2.24) is 20.6 Å². The van der Waals surface area contributed by atoms with Crippen LogP contribution < -0.4 is 10.1 Å². The Morgan fingerprint density at radius 3 is 2.60 bits per heavy atom. The third-order valence-electron chi connectivity index (χ3n) is 3.26. The van der Waals surface area contributed by atoms with E-state index in [1.807, 2.05) is 54.6 Å². The van der Waals surface area contributed by atoms with Crippen LogP contribution in [-0.2, 0) is 6.61 Å². The van der Waals surface area contributed by atoms with Gasteiger partial charge in [-0.3, -0.25) is 0 Å². The molecule has 0 radical (unpaired) electrons. The second-order valence-corrected chi connectivity index (χ2v) is 5.43. The summed E-state index contributed by atoms with van der Waals surface area (Å²) in [6.07, 6.45) is 1.52. The minimum Gasteiger partial charge on any atom is -0.489 e. The molecule has 0 saturated carbocycles. The maximum absolute atomic E-state index is 9.11. The first-order valence-electron chi connectivity index (χ1n) is 7.32. The maximum Gasteiger partial charge on any atom is 0.216 e. The number of benzene rings is 2. The summed E-state index contributed by atoms with van der Waals surface area (Å²) in [5.74, 6) is 0.973. The Morgan fingerprint density at radius 2 is 1.96 bits per heavy atom. The SMILES string of the molecule is N#CC(=CNc1ccc(OCc2ccc(Cl)cc2)cc1)c1nn[nH]n1. The Labute approximate surface area is 148 Å². The van der Waals surface area contributed by atoms with E-state index in [9.17, 15) is 0 Å². The molecule has 0 amide bonds. The van der Waals surface area contributed by atoms with Gasteiger partial charge in [0.25, 0.3) is 0 Å². The van der Waals surface area contributed by atoms with Gasteiger partial charge in [-0.1, -0.05) is 23.7 Å². The second kappa shape index (κ2) is 7.95. The van der Waals surface area contributed by atoms with E-state index in [-0.39, 0.29) is 11.4 Å². The number of H-pyrrole nitrogens is 1. The Hall–Kier alpha value is -3.37. The molecule has 25 heavy (non-hydrogen) atoms. The fourth-order valence-corrected chi connectivity index (χ4v) is 2.10. The number of nitrogens with one attached hydrogen (secondary N) is 2. The molecule has 3 rings (SSSR count). The number of hydrogen-bond acceptors (Lipinski definition) is 6. The van der Waals surface area contributed by atoms with Gasteiger partial charge in [-0.2, -0.15) is 10.5 Å². The zero-order chi connectivity index (χ0) is 17.5. The van der Waals surface area contributed by atoms with Gasteiger partial charge in [-0.25, -0.2) is 0 Å². The van der Waals surface area contributed by atoms with Crippen molar-refractivity contribution in [2.45, 2.75) is 6.61 Å². The van der Waals surface area contributed by atoms with Crippen LogP contribution in [0.3, 0.4) is 0 Å². The predicted octanol–water partition coefficient (Wildman–Crippen LogP) is 3.41. The first-order valence-corrected chi connectivity index (χ1v) is 7.70. The molecule has 0 aliphatic heterocycles. The fourth-order valence-electron chi connectivity index (χ4n) is 1.97. The molecule has 0 bridgehead atoms. The number of rotatable bonds is 6. The zero-order valence-electron chi connectivity index (χ0n) is 13.0. The lowest BCUT2D eigenvalue weighted by Crippen LogP contribution is -1.96. The number of hydrogen-bond donors (Lipinski definition) is 2. The molecule has 0 atom stereocenters. The molecular weight excluding hydrogens is 340 g/mol. The molecule has 3 aromatic rings. The largest absolute Gasteiger partial charge is 0.489 e. The summed E-state index contributed by atoms with van der Waals surface area (Å²) in [4.78, 5) is 0. The maximum atomic E-state index is 9.11. The van der Waals surface area contributed by atoms with Crippen molar-refractivity contribution in [3.8, 4) is 11.8 Å². The Morgan fingerprint density at radius 1 is 1.20 bits per heavy atom. The van der Waals surface area contributed by atoms with E-state index in [1.165, 1.54) is 6.20 Å². The number of aromatic amines is 1. The fraction of sp³-hybridized carbons (Fsp3) is 0.0588. The standard InChI is InChI=1S/C17H13ClN6O/c18-14-3-1-12(2-4-14)11-25-16-7-5-15(6-8-16)20-10-13(9-19)17-21-23-24-22-17/h1-8,10,20H,11H2,(H,21,22,23,24). The molecular formula is C17H13ClN6O. The molecule has 0 saturated heterocycles. The summed E-state index contributed by atoms with van der Waals surface area (Å²) < 4.78 is 5.72. The third-order valence-corrected chi connectivity index (χ3v) is 3.51. The normalized spacial score (nSPS) is 11.0. The summed E-state index contributed by atoms with van der Waals surface area (Å²) in [6, 6.07) is 16.9. The van der Waals surface area contributed by atoms with Gasteiger partial charge in [0.2, 0.25) is 5.82 Å². The number of nitriles is 1. The lowest BCUT2D eigenvalue weighted by Gasteiger charge is -2.07. The van der Waals surface area contributed by atoms with Gasteiger partial charge in [-0.15, -0.1) is 10.2 Å². The highest BCUT2D eigenvalue weighted by molar-refractivity contribution is 6.30. The van der Waals surface area contributed by atoms with Crippen LogP contribution in [0.25, 0.3) is 5.57 Å². The van der Waals surface area contributed by atoms with E-state index < -0.39 is 0 Å². The molecule has 0 spiro atoms. The first-order chi connectivity index (χ1) is 12.2. The van der Waals surface area contributed by atoms with Crippen molar-refractivity contribution in [3.05, 3.63) is 71.1 Å². The number of anilines is 1. The highest BCUT2D eigenvalue weighted by Crippen LogP contribution is 2.18. The molecule has 8 heteroatoms. The molecule has 0 fully saturated rings. The van der Waals surface area contributed by atoms with Crippen molar-refractivity contribution < 1.29 is 4.74 Å². The van der Waals surface area contributed by atoms with Crippen molar-refractivity contribution in [1.29, 1.82) is 5.26 Å². The minimum atomic E-state index is 0.234. The van der Waals surface area contributed by atoms with Crippen LogP contribution in [0.15, 0.2) is 54.7 Å². The Kier molecular flexibility index (Phi) is 5.24. The van der Waals surface area contributed by atoms with Gasteiger partial charge < -0.3 is 10.1 Å². The number of allylic oxidation sites excluding steroid dienone is 1. The number of halogens is 1. The van der Waals surface area contributed by atoms with E-state index >= 15 is 0 Å². The molecule has 0 aliphatic carbocycles. The quantitative estimate of drug-likeness (QED) is 0.659. The lowest BCUT2D eigenvalue weighted by molar-refractivity contribution is 0.306. The first kappa shape index (κ1) is 16.5. The summed E-state index contributed by atoms with van der Waals surface area (Å²) in [7, 11) is 0. The van der Waals surface area contributed by atoms with Crippen LogP contribution in [0, 0.1) is 11.3 Å². The van der Waals surface area contributed by atoms with Crippen molar-refractivity contribution in [2.75, 3.05) is 5.32 Å². The van der Waals surface area contributed by atoms with Crippen molar-refractivity contribution in [2.24, 2.45) is 0 Å². The average Bonchev–Trinajstić information content (AvgIpc) is 3.17. The topological polar surface area (TPSA) is 99.5 Å². The van der Waals surface area contributed by atoms with Crippen molar-refractivity contribution >= 4 is 22.9 Å². The zero-order valence-corrected chi connectivity index (χ0v) is 13.7. The minimum absolute atomic E-state index is 0.234. The van der Waals surface area contributed by atoms with E-state index in [1.54, 1.807) is 0 Å². The van der Waals surface area contributed by atoms with Gasteiger partial charge in [0, 0.05) is 16.9 Å². The van der Waals surface area contributed by atoms with Crippen LogP contribution >= 0.6 is 11.6 Å². The number of nitrogens with zero attached hydrogens (tertiary/aromatic N) is 4. The molecule has 1 aromatic heterocycles. The number of tetrazole rings is 1. The highest BCUT2D eigenvalue weighted by Gasteiger charge is 2.05. The molecule has 124 valence electrons. The van der Waals surface area contributed by atoms with Crippen molar-refractivity contribution in [3.63, 3.8) is 0 Å². The van der Waals surface area contributed by atoms with Crippen LogP contribution in [0.4, 0.5) is 5.69 Å². The third kappa shape index (κ3) is 4.56. The van der Waals surface area contributed by atoms with Gasteiger partial charge >= 0.3 is 0 Å². The van der Waals surface area contributed by atoms with Crippen LogP contribution in [0.2, 0.25) is 5.02 Å². The molecule has 0 aliphatic rings. The number of ether oxygens (including phenoxy) is 1. The molecule has 7 nitrogen and oxygen atoms in total. The van der Waals surface area contributed by atoms with E-state index in [0.29, 0.717) is 11.6 Å². The molecule has 0 unspecified atom stereocenters. The number of aromatic nitrogens is 4. The summed E-state index contributed by atoms with van der Waals surface area (Å²) in [5, 5.41) is 26.1. The average molecular weight is 353 g/mol. The monoisotopic (exact) mass is 352 g/mol. The van der Waals surface area contributed by atoms with E-state index in [2.05, 4.69) is 25.9 Å². The summed E-state index contributed by atoms with van der Waals surface area (Å²) >= 11 is 5.86. The van der Waals surface area contributed by atoms with Gasteiger partial charge in [-0.05, 0) is 47.2 Å².